The van der Waals surface area contributed by atoms with Crippen LogP contribution in [0, 0.1) is 15.5 Å². The number of nitrogen functional groups attached to an aromatic ring is 1. The Labute approximate surface area is 120 Å². The zero-order valence-corrected chi connectivity index (χ0v) is 11.9. The number of carbonyl (C=O) groups is 1. The number of non-ortho nitro benzene ring substituents is 1. The number of thioether (sulfide) groups is 1. The Kier molecular flexibility index (Phi) is 4.17. The number of ether oxygens (including phenoxy) is 1. The Morgan fingerprint density at radius 1 is 1.55 bits per heavy atom. The van der Waals surface area contributed by atoms with Crippen LogP contribution < -0.4 is 5.73 Å². The fourth-order valence-electron chi connectivity index (χ4n) is 1.94. The van der Waals surface area contributed by atoms with E-state index < -0.39 is 4.92 Å². The number of rotatable bonds is 6. The van der Waals surface area contributed by atoms with Crippen molar-refractivity contribution in [3.8, 4) is 0 Å². The van der Waals surface area contributed by atoms with E-state index in [9.17, 15) is 14.9 Å². The summed E-state index contributed by atoms with van der Waals surface area (Å²) in [5.74, 6) is 0.573. The van der Waals surface area contributed by atoms with Gasteiger partial charge in [0.15, 0.2) is 0 Å². The number of esters is 1. The molecule has 0 spiro atoms. The van der Waals surface area contributed by atoms with Crippen LogP contribution in [0.2, 0.25) is 0 Å². The number of methoxy groups -OCH3 is 1. The van der Waals surface area contributed by atoms with Gasteiger partial charge in [0.05, 0.1) is 24.1 Å². The summed E-state index contributed by atoms with van der Waals surface area (Å²) in [7, 11) is 1.39. The first-order valence-corrected chi connectivity index (χ1v) is 7.18. The second-order valence-corrected chi connectivity index (χ2v) is 6.04. The maximum Gasteiger partial charge on any atom is 0.306 e. The minimum Gasteiger partial charge on any atom is -0.469 e. The second-order valence-electron chi connectivity index (χ2n) is 5.02. The average molecular weight is 296 g/mol. The summed E-state index contributed by atoms with van der Waals surface area (Å²) in [6.45, 7) is 0. The highest BCUT2D eigenvalue weighted by Crippen LogP contribution is 2.52. The van der Waals surface area contributed by atoms with Gasteiger partial charge in [0.25, 0.3) is 5.69 Å². The van der Waals surface area contributed by atoms with E-state index in [2.05, 4.69) is 0 Å². The fraction of sp³-hybridized carbons (Fsp3) is 0.462. The molecule has 0 unspecified atom stereocenters. The van der Waals surface area contributed by atoms with E-state index in [4.69, 9.17) is 10.5 Å². The number of carbonyl (C=O) groups excluding carboxylic acids is 1. The SMILES string of the molecule is COC(=O)CC1(CSc2ccc([N+](=O)[O-])cc2N)CC1. The van der Waals surface area contributed by atoms with E-state index in [0.29, 0.717) is 12.1 Å². The minimum absolute atomic E-state index is 0.00593. The lowest BCUT2D eigenvalue weighted by Crippen LogP contribution is -2.13. The second kappa shape index (κ2) is 5.70. The molecule has 1 fully saturated rings. The molecule has 0 heterocycles. The Balaban J connectivity index is 1.98. The van der Waals surface area contributed by atoms with Gasteiger partial charge in [0, 0.05) is 22.8 Å². The first-order chi connectivity index (χ1) is 9.46. The maximum atomic E-state index is 11.3. The van der Waals surface area contributed by atoms with Crippen molar-refractivity contribution in [2.75, 3.05) is 18.6 Å². The molecule has 6 nitrogen and oxygen atoms in total. The Hall–Kier alpha value is -1.76. The van der Waals surface area contributed by atoms with Crippen molar-refractivity contribution >= 4 is 29.1 Å². The van der Waals surface area contributed by atoms with Crippen LogP contribution in [0.25, 0.3) is 0 Å². The van der Waals surface area contributed by atoms with Crippen LogP contribution in [0.1, 0.15) is 19.3 Å². The van der Waals surface area contributed by atoms with E-state index in [1.54, 1.807) is 6.07 Å². The van der Waals surface area contributed by atoms with Gasteiger partial charge in [-0.15, -0.1) is 11.8 Å². The number of nitro groups is 1. The number of nitro benzene ring substituents is 1. The molecule has 1 aromatic carbocycles. The summed E-state index contributed by atoms with van der Waals surface area (Å²) in [5.41, 5.74) is 6.21. The molecule has 0 aromatic heterocycles. The van der Waals surface area contributed by atoms with Crippen molar-refractivity contribution in [1.29, 1.82) is 0 Å². The van der Waals surface area contributed by atoms with E-state index in [0.717, 1.165) is 23.5 Å². The molecule has 1 aliphatic rings. The summed E-state index contributed by atoms with van der Waals surface area (Å²) in [4.78, 5) is 22.3. The Morgan fingerprint density at radius 3 is 2.75 bits per heavy atom. The van der Waals surface area contributed by atoms with Crippen molar-refractivity contribution in [3.05, 3.63) is 28.3 Å². The van der Waals surface area contributed by atoms with Crippen LogP contribution >= 0.6 is 11.8 Å². The smallest absolute Gasteiger partial charge is 0.306 e. The third-order valence-electron chi connectivity index (χ3n) is 3.44. The molecule has 20 heavy (non-hydrogen) atoms. The van der Waals surface area contributed by atoms with Gasteiger partial charge in [-0.05, 0) is 24.3 Å². The number of anilines is 1. The Morgan fingerprint density at radius 2 is 2.25 bits per heavy atom. The van der Waals surface area contributed by atoms with Gasteiger partial charge in [-0.25, -0.2) is 0 Å². The maximum absolute atomic E-state index is 11.3. The number of benzene rings is 1. The summed E-state index contributed by atoms with van der Waals surface area (Å²) < 4.78 is 4.70. The van der Waals surface area contributed by atoms with Crippen LogP contribution in [0.4, 0.5) is 11.4 Å². The third-order valence-corrected chi connectivity index (χ3v) is 4.88. The minimum atomic E-state index is -0.468. The van der Waals surface area contributed by atoms with Crippen LogP contribution in [0.5, 0.6) is 0 Å². The molecule has 0 radical (unpaired) electrons. The zero-order chi connectivity index (χ0) is 14.8. The van der Waals surface area contributed by atoms with Gasteiger partial charge < -0.3 is 10.5 Å². The quantitative estimate of drug-likeness (QED) is 0.285. The zero-order valence-electron chi connectivity index (χ0n) is 11.1. The predicted molar refractivity (Wildman–Crippen MR) is 76.5 cm³/mol. The molecule has 1 aromatic rings. The van der Waals surface area contributed by atoms with Crippen LogP contribution in [-0.2, 0) is 9.53 Å². The monoisotopic (exact) mass is 296 g/mol. The Bertz CT molecular complexity index is 543. The predicted octanol–water partition coefficient (Wildman–Crippen LogP) is 2.61. The van der Waals surface area contributed by atoms with Crippen LogP contribution in [0.3, 0.4) is 0 Å². The largest absolute Gasteiger partial charge is 0.469 e. The molecule has 0 aliphatic heterocycles. The summed E-state index contributed by atoms with van der Waals surface area (Å²) in [6.07, 6.45) is 2.42. The molecular formula is C13H16N2O4S. The fourth-order valence-corrected chi connectivity index (χ4v) is 3.18. The van der Waals surface area contributed by atoms with Crippen molar-refractivity contribution in [2.45, 2.75) is 24.2 Å². The van der Waals surface area contributed by atoms with Gasteiger partial charge >= 0.3 is 5.97 Å². The molecule has 1 saturated carbocycles. The molecule has 0 atom stereocenters. The normalized spacial score (nSPS) is 15.7. The highest BCUT2D eigenvalue weighted by molar-refractivity contribution is 7.99. The molecule has 0 bridgehead atoms. The number of hydrogen-bond donors (Lipinski definition) is 1. The average Bonchev–Trinajstić information content (AvgIpc) is 3.17. The van der Waals surface area contributed by atoms with Gasteiger partial charge in [-0.3, -0.25) is 14.9 Å². The van der Waals surface area contributed by atoms with Crippen molar-refractivity contribution in [1.82, 2.24) is 0 Å². The van der Waals surface area contributed by atoms with E-state index in [-0.39, 0.29) is 17.1 Å². The highest BCUT2D eigenvalue weighted by atomic mass is 32.2. The molecule has 2 N–H and O–H groups in total. The molecule has 7 heteroatoms. The van der Waals surface area contributed by atoms with Crippen LogP contribution in [-0.4, -0.2) is 23.8 Å². The molecule has 0 saturated heterocycles. The summed E-state index contributed by atoms with van der Waals surface area (Å²) >= 11 is 1.53. The molecule has 108 valence electrons. The number of nitrogens with two attached hydrogens (primary N) is 1. The lowest BCUT2D eigenvalue weighted by atomic mass is 10.1. The molecule has 1 aliphatic carbocycles. The summed E-state index contributed by atoms with van der Waals surface area (Å²) in [6, 6.07) is 4.47. The number of hydrogen-bond acceptors (Lipinski definition) is 6. The van der Waals surface area contributed by atoms with Crippen LogP contribution in [0.15, 0.2) is 23.1 Å². The van der Waals surface area contributed by atoms with Gasteiger partial charge in [-0.2, -0.15) is 0 Å². The first kappa shape index (κ1) is 14.6. The van der Waals surface area contributed by atoms with Gasteiger partial charge in [0.1, 0.15) is 0 Å². The van der Waals surface area contributed by atoms with Gasteiger partial charge in [0.2, 0.25) is 0 Å². The van der Waals surface area contributed by atoms with Crippen molar-refractivity contribution in [2.24, 2.45) is 5.41 Å². The first-order valence-electron chi connectivity index (χ1n) is 6.19. The highest BCUT2D eigenvalue weighted by Gasteiger charge is 2.44. The van der Waals surface area contributed by atoms with E-state index in [1.807, 2.05) is 0 Å². The number of nitrogens with zero attached hydrogens (tertiary/aromatic N) is 1. The van der Waals surface area contributed by atoms with Crippen molar-refractivity contribution in [3.63, 3.8) is 0 Å². The topological polar surface area (TPSA) is 95.5 Å². The molecular weight excluding hydrogens is 280 g/mol. The van der Waals surface area contributed by atoms with Gasteiger partial charge in [-0.1, -0.05) is 0 Å². The molecule has 2 rings (SSSR count). The lowest BCUT2D eigenvalue weighted by Gasteiger charge is -2.13. The summed E-state index contributed by atoms with van der Waals surface area (Å²) in [5, 5.41) is 10.6. The lowest BCUT2D eigenvalue weighted by molar-refractivity contribution is -0.384. The third kappa shape index (κ3) is 3.41. The standard InChI is InChI=1S/C13H16N2O4S/c1-19-12(16)7-13(4-5-13)8-20-11-3-2-9(15(17)18)6-10(11)14/h2-3,6H,4-5,7-8,14H2,1H3. The van der Waals surface area contributed by atoms with E-state index >= 15 is 0 Å². The van der Waals surface area contributed by atoms with Crippen molar-refractivity contribution < 1.29 is 14.5 Å². The van der Waals surface area contributed by atoms with E-state index in [1.165, 1.54) is 31.0 Å². The molecule has 0 amide bonds.